The molecule has 7 rings (SSSR count). The summed E-state index contributed by atoms with van der Waals surface area (Å²) in [5.74, 6) is 0. The topological polar surface area (TPSA) is 54.8 Å². The molecule has 4 aromatic carbocycles. The molecule has 0 atom stereocenters. The summed E-state index contributed by atoms with van der Waals surface area (Å²) in [4.78, 5) is 4.73. The lowest BCUT2D eigenvalue weighted by Gasteiger charge is -2.09. The molecule has 34 heavy (non-hydrogen) atoms. The number of furan rings is 1. The standard InChI is InChI=1S/C30H17N3O/c31-18-20-6-1-2-7-22(20)19-11-13-21(14-12-19)33-27-16-26-23-8-3-4-10-28(23)34-29(26)17-25(27)24-9-5-15-32-30(24)33/h1-17H. The van der Waals surface area contributed by atoms with E-state index in [2.05, 4.69) is 59.2 Å². The van der Waals surface area contributed by atoms with Crippen LogP contribution in [0, 0.1) is 11.3 Å². The highest BCUT2D eigenvalue weighted by molar-refractivity contribution is 6.16. The van der Waals surface area contributed by atoms with E-state index >= 15 is 0 Å². The van der Waals surface area contributed by atoms with Gasteiger partial charge in [-0.3, -0.25) is 4.57 Å². The predicted molar refractivity (Wildman–Crippen MR) is 136 cm³/mol. The molecule has 0 aliphatic heterocycles. The summed E-state index contributed by atoms with van der Waals surface area (Å²) in [6.45, 7) is 0. The number of hydrogen-bond donors (Lipinski definition) is 0. The van der Waals surface area contributed by atoms with Crippen molar-refractivity contribution < 1.29 is 4.42 Å². The maximum absolute atomic E-state index is 9.50. The van der Waals surface area contributed by atoms with Gasteiger partial charge in [0.25, 0.3) is 0 Å². The summed E-state index contributed by atoms with van der Waals surface area (Å²) < 4.78 is 8.36. The first-order valence-corrected chi connectivity index (χ1v) is 11.1. The molecule has 0 saturated heterocycles. The largest absolute Gasteiger partial charge is 0.456 e. The van der Waals surface area contributed by atoms with Crippen LogP contribution in [0.1, 0.15) is 5.56 Å². The SMILES string of the molecule is N#Cc1ccccc1-c1ccc(-n2c3cc4c(cc3c3cccnc32)oc2ccccc24)cc1. The van der Waals surface area contributed by atoms with Gasteiger partial charge in [0.15, 0.2) is 0 Å². The van der Waals surface area contributed by atoms with Crippen molar-refractivity contribution in [2.24, 2.45) is 0 Å². The van der Waals surface area contributed by atoms with Gasteiger partial charge < -0.3 is 4.42 Å². The van der Waals surface area contributed by atoms with Gasteiger partial charge in [-0.25, -0.2) is 4.98 Å². The Bertz CT molecular complexity index is 1920. The van der Waals surface area contributed by atoms with E-state index in [1.807, 2.05) is 54.7 Å². The minimum absolute atomic E-state index is 0.669. The first-order valence-electron chi connectivity index (χ1n) is 11.1. The first-order chi connectivity index (χ1) is 16.8. The Labute approximate surface area is 194 Å². The number of rotatable bonds is 2. The van der Waals surface area contributed by atoms with Crippen LogP contribution in [0.25, 0.3) is 60.7 Å². The highest BCUT2D eigenvalue weighted by atomic mass is 16.3. The lowest BCUT2D eigenvalue weighted by Crippen LogP contribution is -1.95. The Hall–Kier alpha value is -4.88. The second-order valence-electron chi connectivity index (χ2n) is 8.38. The van der Waals surface area contributed by atoms with Crippen molar-refractivity contribution in [2.45, 2.75) is 0 Å². The third kappa shape index (κ3) is 2.61. The van der Waals surface area contributed by atoms with Crippen LogP contribution in [0.3, 0.4) is 0 Å². The molecule has 4 heteroatoms. The molecule has 0 saturated carbocycles. The van der Waals surface area contributed by atoms with E-state index in [0.717, 1.165) is 60.7 Å². The minimum Gasteiger partial charge on any atom is -0.456 e. The van der Waals surface area contributed by atoms with Crippen LogP contribution in [0.2, 0.25) is 0 Å². The molecular formula is C30H17N3O. The molecule has 7 aromatic rings. The fourth-order valence-corrected chi connectivity index (χ4v) is 4.94. The van der Waals surface area contributed by atoms with E-state index in [-0.39, 0.29) is 0 Å². The number of benzene rings is 4. The molecule has 3 aromatic heterocycles. The Morgan fingerprint density at radius 2 is 1.50 bits per heavy atom. The van der Waals surface area contributed by atoms with E-state index in [0.29, 0.717) is 5.56 Å². The van der Waals surface area contributed by atoms with E-state index in [9.17, 15) is 5.26 Å². The van der Waals surface area contributed by atoms with E-state index in [4.69, 9.17) is 9.40 Å². The number of para-hydroxylation sites is 1. The molecule has 0 spiro atoms. The van der Waals surface area contributed by atoms with Crippen LogP contribution in [-0.2, 0) is 0 Å². The third-order valence-electron chi connectivity index (χ3n) is 6.51. The fraction of sp³-hybridized carbons (Fsp3) is 0. The van der Waals surface area contributed by atoms with Gasteiger partial charge in [0.05, 0.1) is 17.1 Å². The molecule has 0 fully saturated rings. The van der Waals surface area contributed by atoms with Crippen molar-refractivity contribution in [1.82, 2.24) is 9.55 Å². The van der Waals surface area contributed by atoms with Crippen molar-refractivity contribution in [3.05, 3.63) is 109 Å². The molecule has 3 heterocycles. The Morgan fingerprint density at radius 1 is 0.706 bits per heavy atom. The normalized spacial score (nSPS) is 11.5. The molecule has 4 nitrogen and oxygen atoms in total. The van der Waals surface area contributed by atoms with Gasteiger partial charge >= 0.3 is 0 Å². The van der Waals surface area contributed by atoms with E-state index in [1.54, 1.807) is 0 Å². The van der Waals surface area contributed by atoms with Crippen LogP contribution in [0.15, 0.2) is 108 Å². The monoisotopic (exact) mass is 435 g/mol. The first kappa shape index (κ1) is 18.7. The van der Waals surface area contributed by atoms with Crippen LogP contribution >= 0.6 is 0 Å². The quantitative estimate of drug-likeness (QED) is 0.281. The van der Waals surface area contributed by atoms with E-state index in [1.165, 1.54) is 0 Å². The van der Waals surface area contributed by atoms with Gasteiger partial charge in [0.2, 0.25) is 0 Å². The molecule has 0 amide bonds. The molecule has 0 aliphatic carbocycles. The smallest absolute Gasteiger partial charge is 0.145 e. The van der Waals surface area contributed by atoms with E-state index < -0.39 is 0 Å². The number of aromatic nitrogens is 2. The second kappa shape index (κ2) is 7.06. The molecule has 0 bridgehead atoms. The summed E-state index contributed by atoms with van der Waals surface area (Å²) in [7, 11) is 0. The summed E-state index contributed by atoms with van der Waals surface area (Å²) in [6.07, 6.45) is 1.83. The molecule has 0 aliphatic rings. The third-order valence-corrected chi connectivity index (χ3v) is 6.51. The van der Waals surface area contributed by atoms with Crippen molar-refractivity contribution in [1.29, 1.82) is 5.26 Å². The van der Waals surface area contributed by atoms with Crippen molar-refractivity contribution in [3.63, 3.8) is 0 Å². The van der Waals surface area contributed by atoms with Gasteiger partial charge in [-0.15, -0.1) is 0 Å². The summed E-state index contributed by atoms with van der Waals surface area (Å²) in [5, 5.41) is 13.9. The summed E-state index contributed by atoms with van der Waals surface area (Å²) in [6, 6.07) is 34.8. The zero-order valence-electron chi connectivity index (χ0n) is 18.1. The second-order valence-corrected chi connectivity index (χ2v) is 8.38. The van der Waals surface area contributed by atoms with Gasteiger partial charge in [-0.2, -0.15) is 5.26 Å². The lowest BCUT2D eigenvalue weighted by molar-refractivity contribution is 0.669. The van der Waals surface area contributed by atoms with Crippen molar-refractivity contribution >= 4 is 43.9 Å². The van der Waals surface area contributed by atoms with Gasteiger partial charge in [-0.1, -0.05) is 48.5 Å². The van der Waals surface area contributed by atoms with Gasteiger partial charge in [0, 0.05) is 33.4 Å². The summed E-state index contributed by atoms with van der Waals surface area (Å²) in [5.41, 5.74) is 7.38. The number of hydrogen-bond acceptors (Lipinski definition) is 3. The van der Waals surface area contributed by atoms with Gasteiger partial charge in [-0.05, 0) is 59.7 Å². The maximum Gasteiger partial charge on any atom is 0.145 e. The number of nitrogens with zero attached hydrogens (tertiary/aromatic N) is 3. The predicted octanol–water partition coefficient (Wildman–Crippen LogP) is 7.62. The molecule has 0 unspecified atom stereocenters. The Balaban J connectivity index is 1.50. The molecule has 0 radical (unpaired) electrons. The highest BCUT2D eigenvalue weighted by Crippen LogP contribution is 2.37. The average molecular weight is 435 g/mol. The summed E-state index contributed by atoms with van der Waals surface area (Å²) >= 11 is 0. The minimum atomic E-state index is 0.669. The zero-order chi connectivity index (χ0) is 22.6. The molecule has 0 N–H and O–H groups in total. The number of fused-ring (bicyclic) bond motifs is 6. The van der Waals surface area contributed by atoms with Crippen LogP contribution in [0.5, 0.6) is 0 Å². The lowest BCUT2D eigenvalue weighted by atomic mass is 10.0. The van der Waals surface area contributed by atoms with Crippen LogP contribution in [0.4, 0.5) is 0 Å². The van der Waals surface area contributed by atoms with Crippen LogP contribution in [-0.4, -0.2) is 9.55 Å². The maximum atomic E-state index is 9.50. The molecular weight excluding hydrogens is 418 g/mol. The Morgan fingerprint density at radius 3 is 2.38 bits per heavy atom. The highest BCUT2D eigenvalue weighted by Gasteiger charge is 2.17. The fourth-order valence-electron chi connectivity index (χ4n) is 4.94. The van der Waals surface area contributed by atoms with Crippen LogP contribution < -0.4 is 0 Å². The van der Waals surface area contributed by atoms with Crippen molar-refractivity contribution in [3.8, 4) is 22.9 Å². The number of pyridine rings is 1. The average Bonchev–Trinajstić information content (AvgIpc) is 3.42. The van der Waals surface area contributed by atoms with Crippen molar-refractivity contribution in [2.75, 3.05) is 0 Å². The van der Waals surface area contributed by atoms with Gasteiger partial charge in [0.1, 0.15) is 16.8 Å². The number of nitriles is 1. The Kier molecular flexibility index (Phi) is 3.88. The molecule has 158 valence electrons. The zero-order valence-corrected chi connectivity index (χ0v) is 18.1.